The van der Waals surface area contributed by atoms with Crippen LogP contribution in [-0.2, 0) is 9.47 Å². The molecule has 0 saturated carbocycles. The predicted molar refractivity (Wildman–Crippen MR) is 83.1 cm³/mol. The summed E-state index contributed by atoms with van der Waals surface area (Å²) < 4.78 is 12.5. The molecule has 10 heteroatoms. The summed E-state index contributed by atoms with van der Waals surface area (Å²) in [6.07, 6.45) is -0.293. The van der Waals surface area contributed by atoms with Crippen molar-refractivity contribution in [2.24, 2.45) is 0 Å². The maximum Gasteiger partial charge on any atom is 0.278 e. The summed E-state index contributed by atoms with van der Waals surface area (Å²) in [5, 5.41) is 21.0. The van der Waals surface area contributed by atoms with Gasteiger partial charge in [-0.15, -0.1) is 12.6 Å². The van der Waals surface area contributed by atoms with E-state index >= 15 is 0 Å². The third kappa shape index (κ3) is 2.76. The molecular formula is C13H18N4O5S. The number of hydrogen-bond donors (Lipinski definition) is 4. The van der Waals surface area contributed by atoms with E-state index in [4.69, 9.17) is 9.47 Å². The van der Waals surface area contributed by atoms with E-state index in [0.717, 1.165) is 0 Å². The highest BCUT2D eigenvalue weighted by Crippen LogP contribution is 2.39. The standard InChI is InChI=1S/C13H18N4O5S/c1-6(23)21-3-7-9(18)13(2,20)12(22-7)17-5-16-8-10(17)14-4-15-11(8)19/h4-7,9,12,18,20,23H,3H2,1-2H3,(H,14,15,19)/t6?,7-,9-,12-,13-/m1/s1. The first kappa shape index (κ1) is 16.4. The number of aliphatic hydroxyl groups excluding tert-OH is 1. The Bertz CT molecular complexity index is 758. The fraction of sp³-hybridized carbons (Fsp3) is 0.615. The Hall–Kier alpha value is -1.46. The molecular weight excluding hydrogens is 324 g/mol. The monoisotopic (exact) mass is 342 g/mol. The first-order valence-electron chi connectivity index (χ1n) is 7.08. The summed E-state index contributed by atoms with van der Waals surface area (Å²) >= 11 is 4.10. The molecule has 5 atom stereocenters. The number of aromatic nitrogens is 4. The number of H-pyrrole nitrogens is 1. The third-order valence-corrected chi connectivity index (χ3v) is 4.02. The van der Waals surface area contributed by atoms with Crippen LogP contribution in [0.2, 0.25) is 0 Å². The number of hydrogen-bond acceptors (Lipinski definition) is 8. The zero-order valence-electron chi connectivity index (χ0n) is 12.6. The van der Waals surface area contributed by atoms with Gasteiger partial charge in [0.15, 0.2) is 17.4 Å². The molecule has 23 heavy (non-hydrogen) atoms. The normalized spacial score (nSPS) is 32.5. The number of aliphatic hydroxyl groups is 2. The van der Waals surface area contributed by atoms with Crippen molar-refractivity contribution in [2.75, 3.05) is 6.61 Å². The van der Waals surface area contributed by atoms with E-state index in [9.17, 15) is 15.0 Å². The summed E-state index contributed by atoms with van der Waals surface area (Å²) in [5.41, 5.74) is -1.94. The van der Waals surface area contributed by atoms with Gasteiger partial charge in [-0.1, -0.05) is 0 Å². The van der Waals surface area contributed by atoms with E-state index in [0.29, 0.717) is 0 Å². The lowest BCUT2D eigenvalue weighted by Gasteiger charge is -2.27. The molecule has 1 unspecified atom stereocenters. The summed E-state index contributed by atoms with van der Waals surface area (Å²) in [6, 6.07) is 0. The SMILES string of the molecule is CC(S)OC[C@H]1O[C@@H](n2cnc3c(=O)[nH]cnc32)[C@](C)(O)[C@@H]1O. The molecule has 1 aliphatic heterocycles. The fourth-order valence-electron chi connectivity index (χ4n) is 2.65. The maximum absolute atomic E-state index is 11.7. The maximum atomic E-state index is 11.7. The minimum absolute atomic E-state index is 0.0686. The predicted octanol–water partition coefficient (Wildman–Crippen LogP) is -0.579. The fourth-order valence-corrected chi connectivity index (χ4v) is 2.73. The van der Waals surface area contributed by atoms with E-state index in [1.807, 2.05) is 0 Å². The van der Waals surface area contributed by atoms with Gasteiger partial charge in [0.1, 0.15) is 17.8 Å². The topological polar surface area (TPSA) is 122 Å². The molecule has 0 bridgehead atoms. The van der Waals surface area contributed by atoms with Crippen molar-refractivity contribution >= 4 is 23.8 Å². The number of imidazole rings is 1. The second kappa shape index (κ2) is 5.87. The van der Waals surface area contributed by atoms with Crippen molar-refractivity contribution in [3.05, 3.63) is 23.0 Å². The minimum atomic E-state index is -1.61. The Morgan fingerprint density at radius 1 is 1.61 bits per heavy atom. The first-order chi connectivity index (χ1) is 10.8. The molecule has 3 rings (SSSR count). The molecule has 0 aromatic carbocycles. The molecule has 2 aromatic rings. The van der Waals surface area contributed by atoms with Gasteiger partial charge in [0.25, 0.3) is 5.56 Å². The lowest BCUT2D eigenvalue weighted by atomic mass is 9.96. The number of ether oxygens (including phenoxy) is 2. The van der Waals surface area contributed by atoms with Gasteiger partial charge in [0.2, 0.25) is 0 Å². The molecule has 1 aliphatic rings. The Labute approximate surface area is 136 Å². The number of rotatable bonds is 4. The number of nitrogens with one attached hydrogen (secondary N) is 1. The lowest BCUT2D eigenvalue weighted by molar-refractivity contribution is -0.0965. The van der Waals surface area contributed by atoms with E-state index in [2.05, 4.69) is 27.6 Å². The molecule has 3 heterocycles. The molecule has 9 nitrogen and oxygen atoms in total. The summed E-state index contributed by atoms with van der Waals surface area (Å²) in [5.74, 6) is 0. The van der Waals surface area contributed by atoms with Crippen molar-refractivity contribution in [3.8, 4) is 0 Å². The number of thiol groups is 1. The van der Waals surface area contributed by atoms with Gasteiger partial charge in [0.05, 0.1) is 24.7 Å². The van der Waals surface area contributed by atoms with Crippen LogP contribution in [0.5, 0.6) is 0 Å². The van der Waals surface area contributed by atoms with Crippen LogP contribution in [0.3, 0.4) is 0 Å². The van der Waals surface area contributed by atoms with Gasteiger partial charge in [0, 0.05) is 0 Å². The Morgan fingerprint density at radius 3 is 3.04 bits per heavy atom. The van der Waals surface area contributed by atoms with Gasteiger partial charge in [-0.2, -0.15) is 0 Å². The Kier molecular flexibility index (Phi) is 4.19. The van der Waals surface area contributed by atoms with Crippen LogP contribution in [0.1, 0.15) is 20.1 Å². The van der Waals surface area contributed by atoms with Crippen LogP contribution < -0.4 is 5.56 Å². The van der Waals surface area contributed by atoms with E-state index < -0.39 is 29.6 Å². The second-order valence-corrected chi connectivity index (χ2v) is 6.41. The van der Waals surface area contributed by atoms with Crippen LogP contribution in [0.4, 0.5) is 0 Å². The molecule has 126 valence electrons. The quantitative estimate of drug-likeness (QED) is 0.433. The molecule has 0 aliphatic carbocycles. The molecule has 3 N–H and O–H groups in total. The zero-order chi connectivity index (χ0) is 16.8. The van der Waals surface area contributed by atoms with E-state index in [1.165, 1.54) is 24.1 Å². The molecule has 1 fully saturated rings. The highest BCUT2D eigenvalue weighted by Gasteiger charge is 2.53. The van der Waals surface area contributed by atoms with Crippen LogP contribution in [0.25, 0.3) is 11.2 Å². The summed E-state index contributed by atoms with van der Waals surface area (Å²) in [4.78, 5) is 22.2. The third-order valence-electron chi connectivity index (χ3n) is 3.87. The van der Waals surface area contributed by atoms with Crippen LogP contribution in [-0.4, -0.2) is 59.6 Å². The minimum Gasteiger partial charge on any atom is -0.387 e. The number of nitrogens with zero attached hydrogens (tertiary/aromatic N) is 3. The average Bonchev–Trinajstić information content (AvgIpc) is 2.99. The molecule has 1 saturated heterocycles. The highest BCUT2D eigenvalue weighted by atomic mass is 32.1. The highest BCUT2D eigenvalue weighted by molar-refractivity contribution is 7.80. The molecule has 2 aromatic heterocycles. The van der Waals surface area contributed by atoms with Crippen molar-refractivity contribution < 1.29 is 19.7 Å². The van der Waals surface area contributed by atoms with Crippen molar-refractivity contribution in [2.45, 2.75) is 43.3 Å². The average molecular weight is 342 g/mol. The zero-order valence-corrected chi connectivity index (χ0v) is 13.5. The van der Waals surface area contributed by atoms with Crippen molar-refractivity contribution in [1.29, 1.82) is 0 Å². The largest absolute Gasteiger partial charge is 0.387 e. The van der Waals surface area contributed by atoms with Crippen LogP contribution in [0, 0.1) is 0 Å². The van der Waals surface area contributed by atoms with Gasteiger partial charge in [-0.3, -0.25) is 9.36 Å². The van der Waals surface area contributed by atoms with Gasteiger partial charge in [-0.25, -0.2) is 9.97 Å². The molecule has 0 spiro atoms. The van der Waals surface area contributed by atoms with Crippen LogP contribution in [0.15, 0.2) is 17.4 Å². The van der Waals surface area contributed by atoms with Crippen molar-refractivity contribution in [3.63, 3.8) is 0 Å². The smallest absolute Gasteiger partial charge is 0.278 e. The number of fused-ring (bicyclic) bond motifs is 1. The summed E-state index contributed by atoms with van der Waals surface area (Å²) in [6.45, 7) is 3.25. The van der Waals surface area contributed by atoms with E-state index in [-0.39, 0.29) is 23.2 Å². The van der Waals surface area contributed by atoms with Gasteiger partial charge in [-0.05, 0) is 13.8 Å². The second-order valence-electron chi connectivity index (χ2n) is 5.69. The lowest BCUT2D eigenvalue weighted by Crippen LogP contribution is -2.44. The molecule has 0 radical (unpaired) electrons. The Morgan fingerprint density at radius 2 is 2.35 bits per heavy atom. The Balaban J connectivity index is 1.95. The van der Waals surface area contributed by atoms with Crippen LogP contribution >= 0.6 is 12.6 Å². The van der Waals surface area contributed by atoms with E-state index in [1.54, 1.807) is 6.92 Å². The van der Waals surface area contributed by atoms with Gasteiger partial charge < -0.3 is 24.7 Å². The summed E-state index contributed by atoms with van der Waals surface area (Å²) in [7, 11) is 0. The number of aromatic amines is 1. The van der Waals surface area contributed by atoms with Gasteiger partial charge >= 0.3 is 0 Å². The first-order valence-corrected chi connectivity index (χ1v) is 7.59. The van der Waals surface area contributed by atoms with Crippen molar-refractivity contribution in [1.82, 2.24) is 19.5 Å². The molecule has 0 amide bonds.